The zero-order valence-electron chi connectivity index (χ0n) is 9.00. The molecule has 1 aliphatic heterocycles. The number of aliphatic carboxylic acids is 1. The van der Waals surface area contributed by atoms with Crippen molar-refractivity contribution in [2.24, 2.45) is 0 Å². The number of fused-ring (bicyclic) bond motifs is 1. The summed E-state index contributed by atoms with van der Waals surface area (Å²) in [5.41, 5.74) is 1.26. The molecule has 88 valence electrons. The van der Waals surface area contributed by atoms with Crippen LogP contribution in [0.3, 0.4) is 0 Å². The number of imidazole rings is 1. The van der Waals surface area contributed by atoms with Crippen LogP contribution in [0.2, 0.25) is 0 Å². The van der Waals surface area contributed by atoms with Crippen LogP contribution in [0.15, 0.2) is 12.7 Å². The molecule has 0 aliphatic carbocycles. The smallest absolute Gasteiger partial charge is 0.326 e. The van der Waals surface area contributed by atoms with Gasteiger partial charge in [-0.1, -0.05) is 0 Å². The highest BCUT2D eigenvalue weighted by Crippen LogP contribution is 2.27. The molecule has 1 atom stereocenters. The van der Waals surface area contributed by atoms with Crippen LogP contribution >= 0.6 is 0 Å². The van der Waals surface area contributed by atoms with E-state index in [1.807, 2.05) is 0 Å². The Morgan fingerprint density at radius 3 is 3.18 bits per heavy atom. The van der Waals surface area contributed by atoms with E-state index in [1.165, 1.54) is 12.7 Å². The molecule has 1 aliphatic rings. The van der Waals surface area contributed by atoms with E-state index in [1.54, 1.807) is 4.90 Å². The molecule has 1 saturated heterocycles. The molecule has 0 spiro atoms. The number of carboxylic acids is 1. The standard InChI is InChI=1S/C10H11N5O2/c16-10(17)6-2-1-3-15(6)9-7-8(12-4-11-7)13-5-14-9/h4-6H,1-3H2,(H,16,17)(H,11,12,13,14)/t6-/m1/s1. The van der Waals surface area contributed by atoms with E-state index < -0.39 is 12.0 Å². The molecule has 2 aromatic rings. The van der Waals surface area contributed by atoms with Crippen molar-refractivity contribution in [2.45, 2.75) is 18.9 Å². The first-order chi connectivity index (χ1) is 8.27. The lowest BCUT2D eigenvalue weighted by molar-refractivity contribution is -0.138. The molecule has 7 heteroatoms. The molecule has 3 heterocycles. The van der Waals surface area contributed by atoms with Gasteiger partial charge < -0.3 is 15.0 Å². The van der Waals surface area contributed by atoms with E-state index in [9.17, 15) is 4.79 Å². The summed E-state index contributed by atoms with van der Waals surface area (Å²) in [6.07, 6.45) is 4.45. The van der Waals surface area contributed by atoms with E-state index in [2.05, 4.69) is 19.9 Å². The molecule has 0 amide bonds. The molecule has 2 aromatic heterocycles. The number of nitrogens with zero attached hydrogens (tertiary/aromatic N) is 4. The monoisotopic (exact) mass is 233 g/mol. The maximum Gasteiger partial charge on any atom is 0.326 e. The molecular formula is C10H11N5O2. The van der Waals surface area contributed by atoms with Gasteiger partial charge in [0.25, 0.3) is 0 Å². The number of carbonyl (C=O) groups is 1. The first kappa shape index (κ1) is 10.0. The lowest BCUT2D eigenvalue weighted by atomic mass is 10.2. The number of nitrogens with one attached hydrogen (secondary N) is 1. The summed E-state index contributed by atoms with van der Waals surface area (Å²) in [6, 6.07) is -0.503. The number of hydrogen-bond donors (Lipinski definition) is 2. The molecule has 17 heavy (non-hydrogen) atoms. The third-order valence-electron chi connectivity index (χ3n) is 3.01. The maximum atomic E-state index is 11.1. The Kier molecular flexibility index (Phi) is 2.17. The van der Waals surface area contributed by atoms with Crippen LogP contribution in [0.4, 0.5) is 5.82 Å². The zero-order valence-corrected chi connectivity index (χ0v) is 9.00. The first-order valence-electron chi connectivity index (χ1n) is 5.41. The quantitative estimate of drug-likeness (QED) is 0.779. The third kappa shape index (κ3) is 1.50. The fourth-order valence-electron chi connectivity index (χ4n) is 2.25. The molecule has 0 bridgehead atoms. The lowest BCUT2D eigenvalue weighted by Crippen LogP contribution is -2.36. The number of aromatic nitrogens is 4. The lowest BCUT2D eigenvalue weighted by Gasteiger charge is -2.22. The topological polar surface area (TPSA) is 95.0 Å². The van der Waals surface area contributed by atoms with Crippen molar-refractivity contribution < 1.29 is 9.90 Å². The molecule has 7 nitrogen and oxygen atoms in total. The van der Waals surface area contributed by atoms with Crippen molar-refractivity contribution in [1.82, 2.24) is 19.9 Å². The minimum Gasteiger partial charge on any atom is -0.480 e. The summed E-state index contributed by atoms with van der Waals surface area (Å²) >= 11 is 0. The number of hydrogen-bond acceptors (Lipinski definition) is 5. The number of aromatic amines is 1. The van der Waals surface area contributed by atoms with Gasteiger partial charge in [0.15, 0.2) is 11.5 Å². The van der Waals surface area contributed by atoms with Crippen LogP contribution in [0, 0.1) is 0 Å². The van der Waals surface area contributed by atoms with E-state index >= 15 is 0 Å². The van der Waals surface area contributed by atoms with Crippen molar-refractivity contribution in [2.75, 3.05) is 11.4 Å². The van der Waals surface area contributed by atoms with Crippen molar-refractivity contribution in [3.8, 4) is 0 Å². The second-order valence-corrected chi connectivity index (χ2v) is 3.99. The van der Waals surface area contributed by atoms with Crippen LogP contribution in [0.25, 0.3) is 11.2 Å². The summed E-state index contributed by atoms with van der Waals surface area (Å²) in [5.74, 6) is -0.189. The molecule has 2 N–H and O–H groups in total. The van der Waals surface area contributed by atoms with Crippen molar-refractivity contribution in [3.63, 3.8) is 0 Å². The van der Waals surface area contributed by atoms with Crippen molar-refractivity contribution in [3.05, 3.63) is 12.7 Å². The predicted molar refractivity (Wildman–Crippen MR) is 59.7 cm³/mol. The fourth-order valence-corrected chi connectivity index (χ4v) is 2.25. The number of anilines is 1. The predicted octanol–water partition coefficient (Wildman–Crippen LogP) is 0.406. The average Bonchev–Trinajstić information content (AvgIpc) is 2.97. The van der Waals surface area contributed by atoms with Crippen molar-refractivity contribution >= 4 is 23.0 Å². The Bertz CT molecular complexity index is 567. The summed E-state index contributed by atoms with van der Waals surface area (Å²) in [7, 11) is 0. The van der Waals surface area contributed by atoms with Gasteiger partial charge in [-0.15, -0.1) is 0 Å². The Balaban J connectivity index is 2.08. The Hall–Kier alpha value is -2.18. The van der Waals surface area contributed by atoms with E-state index in [4.69, 9.17) is 5.11 Å². The van der Waals surface area contributed by atoms with Gasteiger partial charge in [-0.2, -0.15) is 0 Å². The van der Waals surface area contributed by atoms with Crippen LogP contribution in [0.1, 0.15) is 12.8 Å². The molecule has 0 aromatic carbocycles. The molecule has 0 radical (unpaired) electrons. The van der Waals surface area contributed by atoms with Gasteiger partial charge in [-0.25, -0.2) is 19.7 Å². The number of rotatable bonds is 2. The zero-order chi connectivity index (χ0) is 11.8. The van der Waals surface area contributed by atoms with E-state index in [-0.39, 0.29) is 0 Å². The molecule has 0 saturated carbocycles. The maximum absolute atomic E-state index is 11.1. The largest absolute Gasteiger partial charge is 0.480 e. The van der Waals surface area contributed by atoms with Gasteiger partial charge in [-0.05, 0) is 12.8 Å². The third-order valence-corrected chi connectivity index (χ3v) is 3.01. The number of H-pyrrole nitrogens is 1. The normalized spacial score (nSPS) is 20.0. The molecule has 3 rings (SSSR count). The van der Waals surface area contributed by atoms with E-state index in [0.29, 0.717) is 29.9 Å². The van der Waals surface area contributed by atoms with Crippen LogP contribution in [-0.4, -0.2) is 43.6 Å². The van der Waals surface area contributed by atoms with E-state index in [0.717, 1.165) is 6.42 Å². The summed E-state index contributed by atoms with van der Waals surface area (Å²) in [5, 5.41) is 9.16. The van der Waals surface area contributed by atoms with Gasteiger partial charge in [0.1, 0.15) is 17.9 Å². The first-order valence-corrected chi connectivity index (χ1v) is 5.41. The summed E-state index contributed by atoms with van der Waals surface area (Å²) < 4.78 is 0. The van der Waals surface area contributed by atoms with Crippen molar-refractivity contribution in [1.29, 1.82) is 0 Å². The average molecular weight is 233 g/mol. The molecule has 0 unspecified atom stereocenters. The van der Waals surface area contributed by atoms with Crippen LogP contribution in [-0.2, 0) is 4.79 Å². The van der Waals surface area contributed by atoms with Gasteiger partial charge in [-0.3, -0.25) is 0 Å². The van der Waals surface area contributed by atoms with Crippen LogP contribution in [0.5, 0.6) is 0 Å². The highest BCUT2D eigenvalue weighted by molar-refractivity contribution is 5.87. The SMILES string of the molecule is O=C(O)[C@H]1CCCN1c1ncnc2nc[nH]c12. The van der Waals surface area contributed by atoms with Crippen LogP contribution < -0.4 is 4.90 Å². The minimum atomic E-state index is -0.811. The Morgan fingerprint density at radius 1 is 1.47 bits per heavy atom. The molecular weight excluding hydrogens is 222 g/mol. The second kappa shape index (κ2) is 3.69. The van der Waals surface area contributed by atoms with Gasteiger partial charge in [0, 0.05) is 6.54 Å². The minimum absolute atomic E-state index is 0.503. The van der Waals surface area contributed by atoms with Gasteiger partial charge in [0.2, 0.25) is 0 Å². The summed E-state index contributed by atoms with van der Waals surface area (Å²) in [4.78, 5) is 28.1. The molecule has 1 fully saturated rings. The highest BCUT2D eigenvalue weighted by Gasteiger charge is 2.32. The fraction of sp³-hybridized carbons (Fsp3) is 0.400. The Labute approximate surface area is 96.5 Å². The highest BCUT2D eigenvalue weighted by atomic mass is 16.4. The van der Waals surface area contributed by atoms with Gasteiger partial charge >= 0.3 is 5.97 Å². The Morgan fingerprint density at radius 2 is 2.35 bits per heavy atom. The number of carboxylic acid groups (broad SMARTS) is 1. The van der Waals surface area contributed by atoms with Gasteiger partial charge in [0.05, 0.1) is 6.33 Å². The second-order valence-electron chi connectivity index (χ2n) is 3.99. The summed E-state index contributed by atoms with van der Waals surface area (Å²) in [6.45, 7) is 0.697.